The molecule has 1 amide bonds. The van der Waals surface area contributed by atoms with E-state index in [2.05, 4.69) is 15.6 Å². The van der Waals surface area contributed by atoms with E-state index in [1.54, 1.807) is 25.4 Å². The molecule has 0 bridgehead atoms. The van der Waals surface area contributed by atoms with Gasteiger partial charge in [-0.1, -0.05) is 30.3 Å². The van der Waals surface area contributed by atoms with Crippen molar-refractivity contribution in [2.45, 2.75) is 13.5 Å². The molecule has 1 heterocycles. The summed E-state index contributed by atoms with van der Waals surface area (Å²) in [6.45, 7) is 2.39. The van der Waals surface area contributed by atoms with Gasteiger partial charge < -0.3 is 15.4 Å². The molecule has 0 radical (unpaired) electrons. The molecule has 3 rings (SSSR count). The summed E-state index contributed by atoms with van der Waals surface area (Å²) in [6.07, 6.45) is 1.66. The van der Waals surface area contributed by atoms with E-state index in [-0.39, 0.29) is 5.91 Å². The molecule has 0 saturated carbocycles. The molecule has 26 heavy (non-hydrogen) atoms. The molecular weight excluding hydrogens is 326 g/mol. The van der Waals surface area contributed by atoms with Crippen LogP contribution in [0.4, 0.5) is 11.5 Å². The van der Waals surface area contributed by atoms with Crippen molar-refractivity contribution in [1.29, 1.82) is 0 Å². The maximum Gasteiger partial charge on any atom is 0.255 e. The minimum Gasteiger partial charge on any atom is -0.496 e. The number of rotatable bonds is 6. The number of ether oxygens (including phenoxy) is 1. The molecule has 0 atom stereocenters. The summed E-state index contributed by atoms with van der Waals surface area (Å²) in [6, 6.07) is 19.0. The predicted molar refractivity (Wildman–Crippen MR) is 103 cm³/mol. The molecule has 0 spiro atoms. The van der Waals surface area contributed by atoms with Crippen molar-refractivity contribution in [1.82, 2.24) is 10.3 Å². The number of aryl methyl sites for hydroxylation is 1. The van der Waals surface area contributed by atoms with E-state index in [0.717, 1.165) is 22.6 Å². The first kappa shape index (κ1) is 17.5. The molecule has 132 valence electrons. The average Bonchev–Trinajstić information content (AvgIpc) is 2.67. The highest BCUT2D eigenvalue weighted by atomic mass is 16.5. The Balaban J connectivity index is 1.75. The highest BCUT2D eigenvalue weighted by molar-refractivity contribution is 5.99. The molecule has 0 saturated heterocycles. The molecular formula is C21H21N3O2. The molecule has 0 aliphatic heterocycles. The fraction of sp³-hybridized carbons (Fsp3) is 0.143. The number of nitrogens with one attached hydrogen (secondary N) is 2. The second-order valence-electron chi connectivity index (χ2n) is 5.89. The predicted octanol–water partition coefficient (Wildman–Crippen LogP) is 4.07. The lowest BCUT2D eigenvalue weighted by atomic mass is 10.1. The van der Waals surface area contributed by atoms with Gasteiger partial charge in [-0.3, -0.25) is 4.79 Å². The molecule has 2 aromatic carbocycles. The van der Waals surface area contributed by atoms with Crippen molar-refractivity contribution in [3.8, 4) is 5.75 Å². The summed E-state index contributed by atoms with van der Waals surface area (Å²) in [5, 5.41) is 6.15. The van der Waals surface area contributed by atoms with Gasteiger partial charge in [0.05, 0.1) is 12.7 Å². The summed E-state index contributed by atoms with van der Waals surface area (Å²) in [5.74, 6) is 1.08. The number of anilines is 2. The largest absolute Gasteiger partial charge is 0.496 e. The van der Waals surface area contributed by atoms with Crippen molar-refractivity contribution in [2.75, 3.05) is 12.4 Å². The SMILES string of the molecule is COc1ccccc1CNC(=O)c1cccnc1Nc1cccc(C)c1. The second-order valence-corrected chi connectivity index (χ2v) is 5.89. The Morgan fingerprint density at radius 3 is 2.73 bits per heavy atom. The summed E-state index contributed by atoms with van der Waals surface area (Å²) in [4.78, 5) is 17.0. The molecule has 0 aliphatic carbocycles. The summed E-state index contributed by atoms with van der Waals surface area (Å²) < 4.78 is 5.32. The van der Waals surface area contributed by atoms with E-state index in [1.165, 1.54) is 0 Å². The fourth-order valence-corrected chi connectivity index (χ4v) is 2.67. The number of hydrogen-bond acceptors (Lipinski definition) is 4. The van der Waals surface area contributed by atoms with Crippen LogP contribution in [0, 0.1) is 6.92 Å². The van der Waals surface area contributed by atoms with Crippen LogP contribution >= 0.6 is 0 Å². The number of carbonyl (C=O) groups is 1. The number of hydrogen-bond donors (Lipinski definition) is 2. The molecule has 5 heteroatoms. The Morgan fingerprint density at radius 2 is 1.92 bits per heavy atom. The third kappa shape index (κ3) is 4.19. The minimum atomic E-state index is -0.195. The monoisotopic (exact) mass is 347 g/mol. The Bertz CT molecular complexity index is 909. The van der Waals surface area contributed by atoms with Crippen LogP contribution in [-0.2, 0) is 6.54 Å². The lowest BCUT2D eigenvalue weighted by Crippen LogP contribution is -2.24. The van der Waals surface area contributed by atoms with Gasteiger partial charge in [0.15, 0.2) is 0 Å². The molecule has 5 nitrogen and oxygen atoms in total. The number of para-hydroxylation sites is 1. The standard InChI is InChI=1S/C21H21N3O2/c1-15-7-5-9-17(13-15)24-20-18(10-6-12-22-20)21(25)23-14-16-8-3-4-11-19(16)26-2/h3-13H,14H2,1-2H3,(H,22,24)(H,23,25). The van der Waals surface area contributed by atoms with Crippen LogP contribution in [0.25, 0.3) is 0 Å². The first-order valence-electron chi connectivity index (χ1n) is 8.36. The first-order chi connectivity index (χ1) is 12.7. The van der Waals surface area contributed by atoms with Gasteiger partial charge in [-0.05, 0) is 42.8 Å². The number of amides is 1. The van der Waals surface area contributed by atoms with Gasteiger partial charge in [0.2, 0.25) is 0 Å². The van der Waals surface area contributed by atoms with E-state index in [4.69, 9.17) is 4.74 Å². The van der Waals surface area contributed by atoms with Gasteiger partial charge in [0.25, 0.3) is 5.91 Å². The zero-order chi connectivity index (χ0) is 18.4. The number of carbonyl (C=O) groups excluding carboxylic acids is 1. The Morgan fingerprint density at radius 1 is 1.08 bits per heavy atom. The average molecular weight is 347 g/mol. The lowest BCUT2D eigenvalue weighted by molar-refractivity contribution is 0.0951. The molecule has 3 aromatic rings. The van der Waals surface area contributed by atoms with Crippen LogP contribution in [0.3, 0.4) is 0 Å². The summed E-state index contributed by atoms with van der Waals surface area (Å²) in [5.41, 5.74) is 3.43. The Labute approximate surface area is 153 Å². The second kappa shape index (κ2) is 8.16. The van der Waals surface area contributed by atoms with Gasteiger partial charge in [0, 0.05) is 24.0 Å². The van der Waals surface area contributed by atoms with E-state index >= 15 is 0 Å². The van der Waals surface area contributed by atoms with Crippen LogP contribution in [-0.4, -0.2) is 18.0 Å². The van der Waals surface area contributed by atoms with Gasteiger partial charge in [-0.25, -0.2) is 4.98 Å². The maximum atomic E-state index is 12.7. The highest BCUT2D eigenvalue weighted by Crippen LogP contribution is 2.20. The van der Waals surface area contributed by atoms with Crippen LogP contribution in [0.2, 0.25) is 0 Å². The number of nitrogens with zero attached hydrogens (tertiary/aromatic N) is 1. The smallest absolute Gasteiger partial charge is 0.255 e. The van der Waals surface area contributed by atoms with Crippen molar-refractivity contribution in [2.24, 2.45) is 0 Å². The molecule has 0 aliphatic rings. The van der Waals surface area contributed by atoms with Crippen molar-refractivity contribution >= 4 is 17.4 Å². The normalized spacial score (nSPS) is 10.2. The zero-order valence-corrected chi connectivity index (χ0v) is 14.8. The quantitative estimate of drug-likeness (QED) is 0.705. The van der Waals surface area contributed by atoms with Gasteiger partial charge >= 0.3 is 0 Å². The molecule has 1 aromatic heterocycles. The third-order valence-corrected chi connectivity index (χ3v) is 3.97. The molecule has 0 fully saturated rings. The first-order valence-corrected chi connectivity index (χ1v) is 8.36. The van der Waals surface area contributed by atoms with Crippen molar-refractivity contribution in [3.05, 3.63) is 83.6 Å². The Kier molecular flexibility index (Phi) is 5.49. The van der Waals surface area contributed by atoms with Crippen molar-refractivity contribution < 1.29 is 9.53 Å². The van der Waals surface area contributed by atoms with E-state index in [1.807, 2.05) is 55.5 Å². The van der Waals surface area contributed by atoms with Crippen molar-refractivity contribution in [3.63, 3.8) is 0 Å². The third-order valence-electron chi connectivity index (χ3n) is 3.97. The number of pyridine rings is 1. The highest BCUT2D eigenvalue weighted by Gasteiger charge is 2.13. The van der Waals surface area contributed by atoms with Gasteiger partial charge in [-0.2, -0.15) is 0 Å². The van der Waals surface area contributed by atoms with Crippen LogP contribution < -0.4 is 15.4 Å². The van der Waals surface area contributed by atoms with E-state index in [9.17, 15) is 4.79 Å². The summed E-state index contributed by atoms with van der Waals surface area (Å²) >= 11 is 0. The van der Waals surface area contributed by atoms with E-state index < -0.39 is 0 Å². The molecule has 0 unspecified atom stereocenters. The van der Waals surface area contributed by atoms with Gasteiger partial charge in [-0.15, -0.1) is 0 Å². The summed E-state index contributed by atoms with van der Waals surface area (Å²) in [7, 11) is 1.62. The van der Waals surface area contributed by atoms with Crippen LogP contribution in [0.5, 0.6) is 5.75 Å². The fourth-order valence-electron chi connectivity index (χ4n) is 2.67. The topological polar surface area (TPSA) is 63.2 Å². The maximum absolute atomic E-state index is 12.7. The van der Waals surface area contributed by atoms with E-state index in [0.29, 0.717) is 17.9 Å². The number of aromatic nitrogens is 1. The lowest BCUT2D eigenvalue weighted by Gasteiger charge is -2.13. The van der Waals surface area contributed by atoms with Crippen LogP contribution in [0.1, 0.15) is 21.5 Å². The van der Waals surface area contributed by atoms with Crippen LogP contribution in [0.15, 0.2) is 66.9 Å². The Hall–Kier alpha value is -3.34. The number of benzene rings is 2. The van der Waals surface area contributed by atoms with Gasteiger partial charge in [0.1, 0.15) is 11.6 Å². The molecule has 2 N–H and O–H groups in total. The zero-order valence-electron chi connectivity index (χ0n) is 14.8. The minimum absolute atomic E-state index is 0.195. The number of methoxy groups -OCH3 is 1.